The fraction of sp³-hybridized carbons (Fsp3) is 0.250. The van der Waals surface area contributed by atoms with E-state index in [1.54, 1.807) is 18.7 Å². The van der Waals surface area contributed by atoms with E-state index in [0.717, 1.165) is 30.9 Å². The number of amides is 2. The molecule has 132 valence electrons. The van der Waals surface area contributed by atoms with E-state index in [1.807, 2.05) is 33.9 Å². The number of carbonyl (C=O) groups excluding carboxylic acids is 1. The van der Waals surface area contributed by atoms with Gasteiger partial charge in [0.2, 0.25) is 0 Å². The first kappa shape index (κ1) is 16.3. The van der Waals surface area contributed by atoms with Gasteiger partial charge in [0.1, 0.15) is 12.1 Å². The summed E-state index contributed by atoms with van der Waals surface area (Å²) in [4.78, 5) is 22.9. The zero-order chi connectivity index (χ0) is 17.8. The summed E-state index contributed by atoms with van der Waals surface area (Å²) in [6.45, 7) is 1.98. The Hall–Kier alpha value is -3.15. The highest BCUT2D eigenvalue weighted by atomic mass is 16.2. The van der Waals surface area contributed by atoms with Gasteiger partial charge in [0.15, 0.2) is 0 Å². The third kappa shape index (κ3) is 3.44. The average Bonchev–Trinajstić information content (AvgIpc) is 3.39. The van der Waals surface area contributed by atoms with E-state index in [0.29, 0.717) is 12.5 Å². The first-order valence-electron chi connectivity index (χ1n) is 8.81. The highest BCUT2D eigenvalue weighted by Crippen LogP contribution is 2.26. The molecule has 0 aliphatic carbocycles. The predicted molar refractivity (Wildman–Crippen MR) is 99.0 cm³/mol. The van der Waals surface area contributed by atoms with Gasteiger partial charge in [0, 0.05) is 49.7 Å². The molecular formula is C20H21N5O. The van der Waals surface area contributed by atoms with Crippen LogP contribution in [0.1, 0.15) is 23.5 Å². The number of hydrogen-bond acceptors (Lipinski definition) is 3. The van der Waals surface area contributed by atoms with Crippen molar-refractivity contribution in [3.05, 3.63) is 78.5 Å². The summed E-state index contributed by atoms with van der Waals surface area (Å²) in [6, 6.07) is 14.2. The van der Waals surface area contributed by atoms with Gasteiger partial charge in [0.25, 0.3) is 0 Å². The minimum Gasteiger partial charge on any atom is -0.334 e. The standard InChI is InChI=1S/C20H21N5O/c26-20(24-11-8-18(14-24)16-5-2-1-3-6-16)23-13-17-7-4-9-22-19(17)25-12-10-21-15-25/h1-7,9-10,12,15,18H,8,11,13-14H2,(H,23,26). The van der Waals surface area contributed by atoms with Crippen LogP contribution in [0.2, 0.25) is 0 Å². The van der Waals surface area contributed by atoms with E-state index in [1.165, 1.54) is 5.56 Å². The highest BCUT2D eigenvalue weighted by molar-refractivity contribution is 5.74. The van der Waals surface area contributed by atoms with E-state index in [-0.39, 0.29) is 6.03 Å². The molecule has 1 aliphatic rings. The smallest absolute Gasteiger partial charge is 0.317 e. The summed E-state index contributed by atoms with van der Waals surface area (Å²) >= 11 is 0. The van der Waals surface area contributed by atoms with Gasteiger partial charge < -0.3 is 10.2 Å². The van der Waals surface area contributed by atoms with Crippen LogP contribution >= 0.6 is 0 Å². The number of aromatic nitrogens is 3. The third-order valence-electron chi connectivity index (χ3n) is 4.79. The zero-order valence-corrected chi connectivity index (χ0v) is 14.5. The van der Waals surface area contributed by atoms with Crippen LogP contribution in [0.4, 0.5) is 4.79 Å². The first-order chi connectivity index (χ1) is 12.8. The first-order valence-corrected chi connectivity index (χ1v) is 8.81. The number of likely N-dealkylation sites (tertiary alicyclic amines) is 1. The van der Waals surface area contributed by atoms with Gasteiger partial charge in [-0.1, -0.05) is 36.4 Å². The molecule has 1 aliphatic heterocycles. The average molecular weight is 347 g/mol. The normalized spacial score (nSPS) is 16.6. The fourth-order valence-electron chi connectivity index (χ4n) is 3.41. The Balaban J connectivity index is 1.38. The second-order valence-electron chi connectivity index (χ2n) is 6.46. The molecule has 6 heteroatoms. The topological polar surface area (TPSA) is 63.1 Å². The van der Waals surface area contributed by atoms with Crippen LogP contribution in [0.15, 0.2) is 67.4 Å². The van der Waals surface area contributed by atoms with Gasteiger partial charge in [-0.3, -0.25) is 4.57 Å². The molecule has 2 aromatic heterocycles. The van der Waals surface area contributed by atoms with E-state index in [2.05, 4.69) is 39.6 Å². The molecule has 1 fully saturated rings. The van der Waals surface area contributed by atoms with Crippen molar-refractivity contribution in [2.75, 3.05) is 13.1 Å². The number of benzene rings is 1. The molecule has 0 radical (unpaired) electrons. The zero-order valence-electron chi connectivity index (χ0n) is 14.5. The lowest BCUT2D eigenvalue weighted by Gasteiger charge is -2.18. The Labute approximate surface area is 152 Å². The molecule has 1 saturated heterocycles. The quantitative estimate of drug-likeness (QED) is 0.789. The number of pyridine rings is 1. The maximum atomic E-state index is 12.6. The van der Waals surface area contributed by atoms with Crippen molar-refractivity contribution in [2.24, 2.45) is 0 Å². The molecule has 1 atom stereocenters. The van der Waals surface area contributed by atoms with Crippen LogP contribution in [0, 0.1) is 0 Å². The largest absolute Gasteiger partial charge is 0.334 e. The van der Waals surface area contributed by atoms with Crippen molar-refractivity contribution in [1.29, 1.82) is 0 Å². The van der Waals surface area contributed by atoms with Gasteiger partial charge in [-0.15, -0.1) is 0 Å². The van der Waals surface area contributed by atoms with Crippen LogP contribution in [0.3, 0.4) is 0 Å². The molecule has 1 unspecified atom stereocenters. The predicted octanol–water partition coefficient (Wildman–Crippen LogP) is 2.97. The van der Waals surface area contributed by atoms with Gasteiger partial charge >= 0.3 is 6.03 Å². The fourth-order valence-corrected chi connectivity index (χ4v) is 3.41. The number of carbonyl (C=O) groups is 1. The SMILES string of the molecule is O=C(NCc1cccnc1-n1ccnc1)N1CCC(c2ccccc2)C1. The number of rotatable bonds is 4. The van der Waals surface area contributed by atoms with Gasteiger partial charge in [0.05, 0.1) is 0 Å². The Bertz CT molecular complexity index is 863. The van der Waals surface area contributed by atoms with Crippen molar-refractivity contribution < 1.29 is 4.79 Å². The van der Waals surface area contributed by atoms with Gasteiger partial charge in [-0.25, -0.2) is 14.8 Å². The van der Waals surface area contributed by atoms with E-state index in [4.69, 9.17) is 0 Å². The monoisotopic (exact) mass is 347 g/mol. The summed E-state index contributed by atoms with van der Waals surface area (Å²) in [6.07, 6.45) is 8.01. The molecule has 1 aromatic carbocycles. The molecule has 3 heterocycles. The van der Waals surface area contributed by atoms with E-state index >= 15 is 0 Å². The van der Waals surface area contributed by atoms with Crippen molar-refractivity contribution >= 4 is 6.03 Å². The second kappa shape index (κ2) is 7.39. The van der Waals surface area contributed by atoms with Crippen LogP contribution in [-0.4, -0.2) is 38.6 Å². The van der Waals surface area contributed by atoms with Crippen molar-refractivity contribution in [3.63, 3.8) is 0 Å². The molecule has 0 saturated carbocycles. The van der Waals surface area contributed by atoms with Crippen LogP contribution in [0.5, 0.6) is 0 Å². The summed E-state index contributed by atoms with van der Waals surface area (Å²) in [5, 5.41) is 3.03. The maximum absolute atomic E-state index is 12.6. The molecule has 6 nitrogen and oxygen atoms in total. The number of nitrogens with zero attached hydrogens (tertiary/aromatic N) is 4. The maximum Gasteiger partial charge on any atom is 0.317 e. The molecule has 26 heavy (non-hydrogen) atoms. The molecule has 1 N–H and O–H groups in total. The van der Waals surface area contributed by atoms with Gasteiger partial charge in [-0.05, 0) is 18.1 Å². The molecule has 4 rings (SSSR count). The number of nitrogens with one attached hydrogen (secondary N) is 1. The van der Waals surface area contributed by atoms with Crippen LogP contribution < -0.4 is 5.32 Å². The minimum atomic E-state index is -0.0242. The summed E-state index contributed by atoms with van der Waals surface area (Å²) in [7, 11) is 0. The van der Waals surface area contributed by atoms with Gasteiger partial charge in [-0.2, -0.15) is 0 Å². The van der Waals surface area contributed by atoms with Crippen molar-refractivity contribution in [1.82, 2.24) is 24.8 Å². The molecular weight excluding hydrogens is 326 g/mol. The third-order valence-corrected chi connectivity index (χ3v) is 4.79. The summed E-state index contributed by atoms with van der Waals surface area (Å²) in [5.41, 5.74) is 2.26. The van der Waals surface area contributed by atoms with E-state index in [9.17, 15) is 4.79 Å². The van der Waals surface area contributed by atoms with E-state index < -0.39 is 0 Å². The number of imidazole rings is 1. The Morgan fingerprint density at radius 3 is 2.85 bits per heavy atom. The van der Waals surface area contributed by atoms with Crippen LogP contribution in [-0.2, 0) is 6.54 Å². The lowest BCUT2D eigenvalue weighted by Crippen LogP contribution is -2.38. The molecule has 0 bridgehead atoms. The second-order valence-corrected chi connectivity index (χ2v) is 6.46. The van der Waals surface area contributed by atoms with Crippen molar-refractivity contribution in [2.45, 2.75) is 18.9 Å². The number of hydrogen-bond donors (Lipinski definition) is 1. The highest BCUT2D eigenvalue weighted by Gasteiger charge is 2.27. The minimum absolute atomic E-state index is 0.0242. The summed E-state index contributed by atoms with van der Waals surface area (Å²) in [5.74, 6) is 1.20. The van der Waals surface area contributed by atoms with Crippen LogP contribution in [0.25, 0.3) is 5.82 Å². The molecule has 2 amide bonds. The Morgan fingerprint density at radius 1 is 1.15 bits per heavy atom. The summed E-state index contributed by atoms with van der Waals surface area (Å²) < 4.78 is 1.85. The molecule has 0 spiro atoms. The lowest BCUT2D eigenvalue weighted by molar-refractivity contribution is 0.208. The Kier molecular flexibility index (Phi) is 4.64. The number of urea groups is 1. The molecule has 3 aromatic rings. The lowest BCUT2D eigenvalue weighted by atomic mass is 9.99. The van der Waals surface area contributed by atoms with Crippen molar-refractivity contribution in [3.8, 4) is 5.82 Å². The Morgan fingerprint density at radius 2 is 2.04 bits per heavy atom.